The molecule has 0 unspecified atom stereocenters. The van der Waals surface area contributed by atoms with E-state index in [-0.39, 0.29) is 0 Å². The lowest BCUT2D eigenvalue weighted by Gasteiger charge is -2.18. The van der Waals surface area contributed by atoms with Crippen molar-refractivity contribution in [3.05, 3.63) is 107 Å². The van der Waals surface area contributed by atoms with Crippen molar-refractivity contribution >= 4 is 27.3 Å². The van der Waals surface area contributed by atoms with Crippen LogP contribution in [0.1, 0.15) is 67.3 Å². The number of fused-ring (bicyclic) bond motifs is 6. The fourth-order valence-electron chi connectivity index (χ4n) is 6.69. The van der Waals surface area contributed by atoms with Gasteiger partial charge >= 0.3 is 0 Å². The Balaban J connectivity index is 1.83. The van der Waals surface area contributed by atoms with Gasteiger partial charge in [0.05, 0.1) is 12.4 Å². The molecule has 0 N–H and O–H groups in total. The van der Waals surface area contributed by atoms with E-state index in [9.17, 15) is 0 Å². The number of benzene rings is 4. The predicted octanol–water partition coefficient (Wildman–Crippen LogP) is 9.58. The Labute approximate surface area is 232 Å². The zero-order valence-corrected chi connectivity index (χ0v) is 24.6. The minimum absolute atomic E-state index is 0.429. The van der Waals surface area contributed by atoms with Crippen LogP contribution in [-0.2, 0) is 7.05 Å². The maximum absolute atomic E-state index is 2.53. The quantitative estimate of drug-likeness (QED) is 0.164. The molecule has 0 fully saturated rings. The summed E-state index contributed by atoms with van der Waals surface area (Å²) in [7, 11) is 2.20. The summed E-state index contributed by atoms with van der Waals surface area (Å²) in [5.41, 5.74) is 14.5. The van der Waals surface area contributed by atoms with Gasteiger partial charge in [-0.15, -0.1) is 0 Å². The van der Waals surface area contributed by atoms with Gasteiger partial charge in [-0.05, 0) is 83.7 Å². The Morgan fingerprint density at radius 1 is 0.641 bits per heavy atom. The smallest absolute Gasteiger partial charge is 0.232 e. The third-order valence-corrected chi connectivity index (χ3v) is 8.53. The second kappa shape index (κ2) is 9.38. The molecule has 0 bridgehead atoms. The molecule has 0 aliphatic rings. The summed E-state index contributed by atoms with van der Waals surface area (Å²) in [6.07, 6.45) is 2.35. The highest BCUT2D eigenvalue weighted by Gasteiger charge is 2.28. The predicted molar refractivity (Wildman–Crippen MR) is 167 cm³/mol. The number of hydrogen-bond acceptors (Lipinski definition) is 0. The van der Waals surface area contributed by atoms with E-state index in [0.717, 1.165) is 0 Å². The molecular weight excluding hydrogens is 472 g/mol. The summed E-state index contributed by atoms with van der Waals surface area (Å²) in [6.45, 7) is 15.9. The molecule has 0 aliphatic heterocycles. The Morgan fingerprint density at radius 2 is 1.23 bits per heavy atom. The van der Waals surface area contributed by atoms with Gasteiger partial charge in [0.15, 0.2) is 5.69 Å². The van der Waals surface area contributed by atoms with Crippen LogP contribution in [-0.4, -0.2) is 4.40 Å². The van der Waals surface area contributed by atoms with Crippen LogP contribution in [0.15, 0.2) is 79.0 Å². The summed E-state index contributed by atoms with van der Waals surface area (Å²) in [6, 6.07) is 27.3. The van der Waals surface area contributed by atoms with Crippen molar-refractivity contribution in [3.8, 4) is 22.4 Å². The maximum Gasteiger partial charge on any atom is 0.295 e. The molecular formula is C37H39N2+. The minimum Gasteiger partial charge on any atom is -0.232 e. The van der Waals surface area contributed by atoms with Crippen LogP contribution in [0.5, 0.6) is 0 Å². The van der Waals surface area contributed by atoms with Crippen LogP contribution in [0.4, 0.5) is 0 Å². The highest BCUT2D eigenvalue weighted by molar-refractivity contribution is 6.13. The van der Waals surface area contributed by atoms with Crippen molar-refractivity contribution in [1.82, 2.24) is 4.40 Å². The van der Waals surface area contributed by atoms with Gasteiger partial charge in [-0.25, -0.2) is 4.57 Å². The van der Waals surface area contributed by atoms with Gasteiger partial charge < -0.3 is 0 Å². The molecule has 0 aliphatic carbocycles. The van der Waals surface area contributed by atoms with E-state index in [1.807, 2.05) is 0 Å². The summed E-state index contributed by atoms with van der Waals surface area (Å²) < 4.78 is 4.87. The fourth-order valence-corrected chi connectivity index (χ4v) is 6.69. The van der Waals surface area contributed by atoms with E-state index in [2.05, 4.69) is 143 Å². The molecule has 2 aromatic heterocycles. The lowest BCUT2D eigenvalue weighted by Crippen LogP contribution is -2.26. The van der Waals surface area contributed by atoms with Crippen molar-refractivity contribution in [2.24, 2.45) is 7.05 Å². The number of aryl methyl sites for hydroxylation is 4. The van der Waals surface area contributed by atoms with E-state index in [1.54, 1.807) is 0 Å². The van der Waals surface area contributed by atoms with Crippen molar-refractivity contribution in [3.63, 3.8) is 0 Å². The van der Waals surface area contributed by atoms with Gasteiger partial charge in [-0.3, -0.25) is 0 Å². The molecule has 196 valence electrons. The second-order valence-electron chi connectivity index (χ2n) is 11.9. The van der Waals surface area contributed by atoms with Crippen molar-refractivity contribution < 1.29 is 4.57 Å². The fraction of sp³-hybridized carbons (Fsp3) is 0.270. The summed E-state index contributed by atoms with van der Waals surface area (Å²) in [5, 5.41) is 3.93. The topological polar surface area (TPSA) is 8.29 Å². The Bertz CT molecular complexity index is 1850. The Kier molecular flexibility index (Phi) is 6.10. The van der Waals surface area contributed by atoms with Gasteiger partial charge in [0.25, 0.3) is 5.65 Å². The average molecular weight is 512 g/mol. The maximum atomic E-state index is 2.53. The first-order chi connectivity index (χ1) is 18.7. The average Bonchev–Trinajstić information content (AvgIpc) is 3.24. The molecule has 0 spiro atoms. The summed E-state index contributed by atoms with van der Waals surface area (Å²) in [5.74, 6) is 0.859. The largest absolute Gasteiger partial charge is 0.295 e. The third-order valence-electron chi connectivity index (χ3n) is 8.53. The zero-order chi connectivity index (χ0) is 27.6. The highest BCUT2D eigenvalue weighted by atomic mass is 15.1. The van der Waals surface area contributed by atoms with E-state index >= 15 is 0 Å². The molecule has 0 saturated carbocycles. The molecule has 6 rings (SSSR count). The van der Waals surface area contributed by atoms with Gasteiger partial charge in [0.2, 0.25) is 0 Å². The molecule has 0 radical (unpaired) electrons. The summed E-state index contributed by atoms with van der Waals surface area (Å²) >= 11 is 0. The zero-order valence-electron chi connectivity index (χ0n) is 24.6. The number of nitrogens with zero attached hydrogens (tertiary/aromatic N) is 2. The normalized spacial score (nSPS) is 12.1. The van der Waals surface area contributed by atoms with Gasteiger partial charge in [0, 0.05) is 16.3 Å². The number of hydrogen-bond donors (Lipinski definition) is 0. The standard InChI is InChI=1S/C37H39N2/c1-22(2)28-15-11-16-29(23(3)4)36(28)33-21-38(8)37-35-26(7)14-10-17-30(35)31-20-27(18-19-32(31)39(33)37)34-24(5)12-9-13-25(34)6/h9-23H,1-8H3/q+1. The molecule has 6 aromatic rings. The van der Waals surface area contributed by atoms with Crippen LogP contribution in [0, 0.1) is 20.8 Å². The molecule has 39 heavy (non-hydrogen) atoms. The van der Waals surface area contributed by atoms with Crippen LogP contribution < -0.4 is 4.57 Å². The Hall–Kier alpha value is -3.91. The lowest BCUT2D eigenvalue weighted by atomic mass is 9.87. The van der Waals surface area contributed by atoms with Gasteiger partial charge in [0.1, 0.15) is 11.7 Å². The number of pyridine rings is 1. The second-order valence-corrected chi connectivity index (χ2v) is 11.9. The number of rotatable bonds is 4. The van der Waals surface area contributed by atoms with Crippen molar-refractivity contribution in [1.29, 1.82) is 0 Å². The van der Waals surface area contributed by atoms with E-state index in [4.69, 9.17) is 0 Å². The van der Waals surface area contributed by atoms with Crippen LogP contribution >= 0.6 is 0 Å². The first-order valence-corrected chi connectivity index (χ1v) is 14.2. The van der Waals surface area contributed by atoms with Gasteiger partial charge in [-0.1, -0.05) is 88.4 Å². The van der Waals surface area contributed by atoms with Crippen LogP contribution in [0.2, 0.25) is 0 Å². The van der Waals surface area contributed by atoms with Crippen molar-refractivity contribution in [2.75, 3.05) is 0 Å². The third kappa shape index (κ3) is 3.88. The Morgan fingerprint density at radius 3 is 1.87 bits per heavy atom. The highest BCUT2D eigenvalue weighted by Crippen LogP contribution is 2.41. The molecule has 2 nitrogen and oxygen atoms in total. The van der Waals surface area contributed by atoms with Crippen LogP contribution in [0.25, 0.3) is 49.7 Å². The molecule has 0 amide bonds. The number of aromatic nitrogens is 2. The summed E-state index contributed by atoms with van der Waals surface area (Å²) in [4.78, 5) is 0. The number of imidazole rings is 1. The SMILES string of the molecule is Cc1cccc(C)c1-c1ccc2c(c1)c1cccc(C)c1c1n2c(-c2c(C(C)C)cccc2C(C)C)c[n+]1C. The van der Waals surface area contributed by atoms with Crippen LogP contribution in [0.3, 0.4) is 0 Å². The molecule has 0 saturated heterocycles. The molecule has 0 atom stereocenters. The van der Waals surface area contributed by atoms with E-state index in [0.29, 0.717) is 11.8 Å². The molecule has 2 heterocycles. The first kappa shape index (κ1) is 25.4. The lowest BCUT2D eigenvalue weighted by molar-refractivity contribution is -0.643. The van der Waals surface area contributed by atoms with Gasteiger partial charge in [-0.2, -0.15) is 4.40 Å². The minimum atomic E-state index is 0.429. The van der Waals surface area contributed by atoms with E-state index in [1.165, 1.54) is 77.5 Å². The first-order valence-electron chi connectivity index (χ1n) is 14.2. The molecule has 4 aromatic carbocycles. The van der Waals surface area contributed by atoms with E-state index < -0.39 is 0 Å². The monoisotopic (exact) mass is 511 g/mol. The molecule has 2 heteroatoms. The van der Waals surface area contributed by atoms with Crippen molar-refractivity contribution in [2.45, 2.75) is 60.3 Å².